The zero-order chi connectivity index (χ0) is 13.9. The second-order valence-electron chi connectivity index (χ2n) is 4.18. The van der Waals surface area contributed by atoms with Crippen molar-refractivity contribution >= 4 is 47.6 Å². The molecule has 0 aliphatic heterocycles. The molecule has 1 aromatic rings. The minimum absolute atomic E-state index is 0.181. The van der Waals surface area contributed by atoms with Crippen molar-refractivity contribution in [2.24, 2.45) is 5.92 Å². The Morgan fingerprint density at radius 1 is 1.33 bits per heavy atom. The molecule has 3 N–H and O–H groups in total. The standard InChI is InChI=1S/C11H16Br2N2O2S/c1-3-7(2)6-15-18(16,17)11-9(12)4-8(14)5-10(11)13/h4-5,7,15H,3,6,14H2,1-2H3. The summed E-state index contributed by atoms with van der Waals surface area (Å²) in [5.41, 5.74) is 6.14. The summed E-state index contributed by atoms with van der Waals surface area (Å²) in [6.07, 6.45) is 0.923. The van der Waals surface area contributed by atoms with Crippen LogP contribution < -0.4 is 10.5 Å². The van der Waals surface area contributed by atoms with Gasteiger partial charge in [-0.25, -0.2) is 13.1 Å². The van der Waals surface area contributed by atoms with Gasteiger partial charge in [0, 0.05) is 21.2 Å². The van der Waals surface area contributed by atoms with Crippen LogP contribution in [0.5, 0.6) is 0 Å². The average molecular weight is 400 g/mol. The highest BCUT2D eigenvalue weighted by molar-refractivity contribution is 9.11. The first-order valence-corrected chi connectivity index (χ1v) is 8.59. The van der Waals surface area contributed by atoms with Gasteiger partial charge in [0.05, 0.1) is 0 Å². The van der Waals surface area contributed by atoms with Gasteiger partial charge < -0.3 is 5.73 Å². The third-order valence-electron chi connectivity index (χ3n) is 2.61. The smallest absolute Gasteiger partial charge is 0.242 e. The van der Waals surface area contributed by atoms with Gasteiger partial charge in [0.2, 0.25) is 10.0 Å². The summed E-state index contributed by atoms with van der Waals surface area (Å²) in [5.74, 6) is 0.297. The lowest BCUT2D eigenvalue weighted by Gasteiger charge is -2.13. The predicted octanol–water partition coefficient (Wildman–Crippen LogP) is 3.12. The Labute approximate surface area is 125 Å². The Morgan fingerprint density at radius 3 is 2.28 bits per heavy atom. The monoisotopic (exact) mass is 398 g/mol. The van der Waals surface area contributed by atoms with Crippen molar-refractivity contribution in [2.75, 3.05) is 12.3 Å². The predicted molar refractivity (Wildman–Crippen MR) is 80.9 cm³/mol. The van der Waals surface area contributed by atoms with Crippen LogP contribution in [0.25, 0.3) is 0 Å². The Hall–Kier alpha value is -0.110. The quantitative estimate of drug-likeness (QED) is 0.747. The highest BCUT2D eigenvalue weighted by Crippen LogP contribution is 2.32. The van der Waals surface area contributed by atoms with Gasteiger partial charge in [-0.3, -0.25) is 0 Å². The van der Waals surface area contributed by atoms with E-state index in [2.05, 4.69) is 36.6 Å². The molecule has 1 rings (SSSR count). The van der Waals surface area contributed by atoms with Crippen LogP contribution in [0.2, 0.25) is 0 Å². The first-order chi connectivity index (χ1) is 8.27. The molecule has 0 saturated heterocycles. The van der Waals surface area contributed by atoms with Crippen molar-refractivity contribution in [2.45, 2.75) is 25.2 Å². The first kappa shape index (κ1) is 15.9. The molecule has 0 amide bonds. The van der Waals surface area contributed by atoms with Crippen molar-refractivity contribution in [3.63, 3.8) is 0 Å². The number of hydrogen-bond acceptors (Lipinski definition) is 3. The lowest BCUT2D eigenvalue weighted by molar-refractivity contribution is 0.528. The maximum atomic E-state index is 12.2. The second kappa shape index (κ2) is 6.36. The number of anilines is 1. The van der Waals surface area contributed by atoms with Crippen LogP contribution in [0.3, 0.4) is 0 Å². The van der Waals surface area contributed by atoms with Crippen LogP contribution >= 0.6 is 31.9 Å². The van der Waals surface area contributed by atoms with Crippen molar-refractivity contribution in [1.82, 2.24) is 4.72 Å². The molecule has 0 aromatic heterocycles. The van der Waals surface area contributed by atoms with Crippen LogP contribution in [0.15, 0.2) is 26.0 Å². The molecule has 18 heavy (non-hydrogen) atoms. The number of nitrogens with one attached hydrogen (secondary N) is 1. The Morgan fingerprint density at radius 2 is 1.83 bits per heavy atom. The first-order valence-electron chi connectivity index (χ1n) is 5.52. The summed E-state index contributed by atoms with van der Waals surface area (Å²) in [5, 5.41) is 0. The van der Waals surface area contributed by atoms with Gasteiger partial charge in [-0.05, 0) is 49.9 Å². The largest absolute Gasteiger partial charge is 0.399 e. The minimum Gasteiger partial charge on any atom is -0.399 e. The molecular formula is C11H16Br2N2O2S. The van der Waals surface area contributed by atoms with E-state index in [4.69, 9.17) is 5.73 Å². The summed E-state index contributed by atoms with van der Waals surface area (Å²) in [4.78, 5) is 0.181. The van der Waals surface area contributed by atoms with Crippen LogP contribution in [0.4, 0.5) is 5.69 Å². The number of hydrogen-bond donors (Lipinski definition) is 2. The molecule has 0 fully saturated rings. The van der Waals surface area contributed by atoms with E-state index in [9.17, 15) is 8.42 Å². The molecule has 1 unspecified atom stereocenters. The summed E-state index contributed by atoms with van der Waals surface area (Å²) in [6, 6.07) is 3.14. The van der Waals surface area contributed by atoms with Crippen LogP contribution in [0.1, 0.15) is 20.3 Å². The SMILES string of the molecule is CCC(C)CNS(=O)(=O)c1c(Br)cc(N)cc1Br. The Balaban J connectivity index is 3.06. The lowest BCUT2D eigenvalue weighted by atomic mass is 10.1. The van der Waals surface area contributed by atoms with E-state index < -0.39 is 10.0 Å². The molecule has 4 nitrogen and oxygen atoms in total. The van der Waals surface area contributed by atoms with Gasteiger partial charge in [-0.1, -0.05) is 20.3 Å². The molecule has 0 spiro atoms. The fourth-order valence-electron chi connectivity index (χ4n) is 1.30. The van der Waals surface area contributed by atoms with E-state index in [1.165, 1.54) is 0 Å². The number of sulfonamides is 1. The van der Waals surface area contributed by atoms with Gasteiger partial charge in [-0.15, -0.1) is 0 Å². The van der Waals surface area contributed by atoms with Gasteiger partial charge in [0.15, 0.2) is 0 Å². The zero-order valence-electron chi connectivity index (χ0n) is 10.2. The summed E-state index contributed by atoms with van der Waals surface area (Å²) in [6.45, 7) is 4.44. The van der Waals surface area contributed by atoms with Crippen LogP contribution in [0, 0.1) is 5.92 Å². The van der Waals surface area contributed by atoms with Crippen LogP contribution in [-0.2, 0) is 10.0 Å². The van der Waals surface area contributed by atoms with Crippen molar-refractivity contribution in [3.05, 3.63) is 21.1 Å². The third kappa shape index (κ3) is 3.94. The van der Waals surface area contributed by atoms with Gasteiger partial charge in [0.1, 0.15) is 4.90 Å². The molecule has 7 heteroatoms. The maximum Gasteiger partial charge on any atom is 0.242 e. The van der Waals surface area contributed by atoms with Crippen LogP contribution in [-0.4, -0.2) is 15.0 Å². The zero-order valence-corrected chi connectivity index (χ0v) is 14.2. The molecule has 0 saturated carbocycles. The van der Waals surface area contributed by atoms with Gasteiger partial charge >= 0.3 is 0 Å². The number of halogens is 2. The molecule has 1 aromatic carbocycles. The highest BCUT2D eigenvalue weighted by Gasteiger charge is 2.21. The second-order valence-corrected chi connectivity index (χ2v) is 7.59. The minimum atomic E-state index is -3.54. The number of nitrogens with two attached hydrogens (primary N) is 1. The molecular weight excluding hydrogens is 384 g/mol. The van der Waals surface area contributed by atoms with E-state index in [1.54, 1.807) is 12.1 Å². The molecule has 0 aliphatic rings. The molecule has 0 bridgehead atoms. The summed E-state index contributed by atoms with van der Waals surface area (Å²) >= 11 is 6.46. The molecule has 102 valence electrons. The van der Waals surface area contributed by atoms with E-state index in [-0.39, 0.29) is 4.90 Å². The van der Waals surface area contributed by atoms with E-state index in [0.29, 0.717) is 27.1 Å². The van der Waals surface area contributed by atoms with Crippen molar-refractivity contribution in [3.8, 4) is 0 Å². The number of benzene rings is 1. The molecule has 0 aliphatic carbocycles. The summed E-state index contributed by atoms with van der Waals surface area (Å²) < 4.78 is 27.9. The maximum absolute atomic E-state index is 12.2. The Bertz CT molecular complexity index is 509. The lowest BCUT2D eigenvalue weighted by Crippen LogP contribution is -2.28. The van der Waals surface area contributed by atoms with E-state index in [0.717, 1.165) is 6.42 Å². The number of rotatable bonds is 5. The number of nitrogen functional groups attached to an aromatic ring is 1. The fourth-order valence-corrected chi connectivity index (χ4v) is 5.08. The van der Waals surface area contributed by atoms with Crippen molar-refractivity contribution < 1.29 is 8.42 Å². The average Bonchev–Trinajstić information content (AvgIpc) is 2.24. The normalized spacial score (nSPS) is 13.6. The fraction of sp³-hybridized carbons (Fsp3) is 0.455. The third-order valence-corrected chi connectivity index (χ3v) is 5.91. The molecule has 1 atom stereocenters. The van der Waals surface area contributed by atoms with E-state index >= 15 is 0 Å². The summed E-state index contributed by atoms with van der Waals surface area (Å²) in [7, 11) is -3.54. The highest BCUT2D eigenvalue weighted by atomic mass is 79.9. The van der Waals surface area contributed by atoms with Gasteiger partial charge in [0.25, 0.3) is 0 Å². The Kier molecular flexibility index (Phi) is 5.64. The molecule has 0 heterocycles. The van der Waals surface area contributed by atoms with Crippen molar-refractivity contribution in [1.29, 1.82) is 0 Å². The molecule has 0 radical (unpaired) electrons. The van der Waals surface area contributed by atoms with E-state index in [1.807, 2.05) is 13.8 Å². The topological polar surface area (TPSA) is 72.2 Å². The van der Waals surface area contributed by atoms with Gasteiger partial charge in [-0.2, -0.15) is 0 Å².